The van der Waals surface area contributed by atoms with Crippen LogP contribution in [-0.4, -0.2) is 24.1 Å². The fourth-order valence-corrected chi connectivity index (χ4v) is 2.36. The average molecular weight is 230 g/mol. The summed E-state index contributed by atoms with van der Waals surface area (Å²) in [5, 5.41) is 8.88. The van der Waals surface area contributed by atoms with Gasteiger partial charge in [0.2, 0.25) is 0 Å². The third-order valence-electron chi connectivity index (χ3n) is 3.53. The summed E-state index contributed by atoms with van der Waals surface area (Å²) in [5.41, 5.74) is 6.57. The first-order valence-corrected chi connectivity index (χ1v) is 6.05. The van der Waals surface area contributed by atoms with Crippen molar-refractivity contribution in [2.75, 3.05) is 11.9 Å². The number of rotatable bonds is 2. The average Bonchev–Trinajstić information content (AvgIpc) is 2.39. The first kappa shape index (κ1) is 11.9. The Morgan fingerprint density at radius 1 is 1.41 bits per heavy atom. The van der Waals surface area contributed by atoms with E-state index in [1.54, 1.807) is 12.3 Å². The lowest BCUT2D eigenvalue weighted by molar-refractivity contribution is 0.384. The van der Waals surface area contributed by atoms with Gasteiger partial charge >= 0.3 is 0 Å². The van der Waals surface area contributed by atoms with Gasteiger partial charge in [0, 0.05) is 25.3 Å². The van der Waals surface area contributed by atoms with Crippen molar-refractivity contribution in [3.05, 3.63) is 23.9 Å². The molecular weight excluding hydrogens is 212 g/mol. The van der Waals surface area contributed by atoms with Crippen LogP contribution in [0, 0.1) is 11.3 Å². The molecule has 4 heteroatoms. The van der Waals surface area contributed by atoms with Crippen molar-refractivity contribution in [2.24, 2.45) is 5.73 Å². The van der Waals surface area contributed by atoms with E-state index in [0.29, 0.717) is 17.6 Å². The Balaban J connectivity index is 2.08. The van der Waals surface area contributed by atoms with Crippen LogP contribution < -0.4 is 10.6 Å². The summed E-state index contributed by atoms with van der Waals surface area (Å²) in [6.07, 6.45) is 6.06. The van der Waals surface area contributed by atoms with Crippen molar-refractivity contribution in [1.82, 2.24) is 4.98 Å². The van der Waals surface area contributed by atoms with Gasteiger partial charge in [-0.2, -0.15) is 5.26 Å². The lowest BCUT2D eigenvalue weighted by Crippen LogP contribution is -2.39. The molecule has 2 rings (SSSR count). The molecule has 0 saturated heterocycles. The maximum Gasteiger partial charge on any atom is 0.129 e. The van der Waals surface area contributed by atoms with Gasteiger partial charge in [-0.25, -0.2) is 4.98 Å². The van der Waals surface area contributed by atoms with E-state index in [2.05, 4.69) is 16.0 Å². The standard InChI is InChI=1S/C13H18N4/c1-17(12-4-2-11(15)3-5-12)13-8-10(9-14)6-7-16-13/h6-8,11-12H,2-5,15H2,1H3. The topological polar surface area (TPSA) is 65.9 Å². The minimum atomic E-state index is 0.359. The summed E-state index contributed by atoms with van der Waals surface area (Å²) in [5.74, 6) is 0.879. The van der Waals surface area contributed by atoms with E-state index in [4.69, 9.17) is 11.0 Å². The third kappa shape index (κ3) is 2.75. The molecule has 1 aliphatic rings. The summed E-state index contributed by atoms with van der Waals surface area (Å²) in [6, 6.07) is 6.57. The molecule has 4 nitrogen and oxygen atoms in total. The molecule has 2 N–H and O–H groups in total. The summed E-state index contributed by atoms with van der Waals surface area (Å²) in [6.45, 7) is 0. The molecule has 0 bridgehead atoms. The summed E-state index contributed by atoms with van der Waals surface area (Å²) >= 11 is 0. The lowest BCUT2D eigenvalue weighted by atomic mass is 9.91. The first-order chi connectivity index (χ1) is 8.20. The highest BCUT2D eigenvalue weighted by molar-refractivity contribution is 5.45. The monoisotopic (exact) mass is 230 g/mol. The van der Waals surface area contributed by atoms with Crippen LogP contribution in [0.25, 0.3) is 0 Å². The molecular formula is C13H18N4. The van der Waals surface area contributed by atoms with Gasteiger partial charge in [0.1, 0.15) is 5.82 Å². The first-order valence-electron chi connectivity index (χ1n) is 6.05. The molecule has 1 aromatic rings. The Bertz CT molecular complexity index is 416. The second-order valence-corrected chi connectivity index (χ2v) is 4.69. The van der Waals surface area contributed by atoms with Crippen LogP contribution >= 0.6 is 0 Å². The van der Waals surface area contributed by atoms with Crippen molar-refractivity contribution in [2.45, 2.75) is 37.8 Å². The molecule has 1 aliphatic carbocycles. The van der Waals surface area contributed by atoms with Crippen LogP contribution in [0.2, 0.25) is 0 Å². The van der Waals surface area contributed by atoms with Gasteiger partial charge in [0.05, 0.1) is 11.6 Å². The number of nitriles is 1. The fraction of sp³-hybridized carbons (Fsp3) is 0.538. The summed E-state index contributed by atoms with van der Waals surface area (Å²) in [7, 11) is 2.05. The maximum absolute atomic E-state index is 8.88. The molecule has 0 aliphatic heterocycles. The fourth-order valence-electron chi connectivity index (χ4n) is 2.36. The highest BCUT2D eigenvalue weighted by Crippen LogP contribution is 2.24. The van der Waals surface area contributed by atoms with E-state index in [-0.39, 0.29) is 0 Å². The van der Waals surface area contributed by atoms with E-state index in [9.17, 15) is 0 Å². The maximum atomic E-state index is 8.88. The van der Waals surface area contributed by atoms with Gasteiger partial charge in [0.25, 0.3) is 0 Å². The zero-order valence-electron chi connectivity index (χ0n) is 10.1. The van der Waals surface area contributed by atoms with Gasteiger partial charge in [0.15, 0.2) is 0 Å². The van der Waals surface area contributed by atoms with Crippen molar-refractivity contribution in [1.29, 1.82) is 5.26 Å². The third-order valence-corrected chi connectivity index (χ3v) is 3.53. The predicted octanol–water partition coefficient (Wildman–Crippen LogP) is 1.66. The van der Waals surface area contributed by atoms with E-state index < -0.39 is 0 Å². The van der Waals surface area contributed by atoms with Gasteiger partial charge in [-0.15, -0.1) is 0 Å². The zero-order chi connectivity index (χ0) is 12.3. The molecule has 90 valence electrons. The molecule has 0 amide bonds. The van der Waals surface area contributed by atoms with Crippen LogP contribution in [0.3, 0.4) is 0 Å². The van der Waals surface area contributed by atoms with E-state index >= 15 is 0 Å². The summed E-state index contributed by atoms with van der Waals surface area (Å²) in [4.78, 5) is 6.50. The number of hydrogen-bond donors (Lipinski definition) is 1. The Labute approximate surface area is 102 Å². The smallest absolute Gasteiger partial charge is 0.129 e. The normalized spacial score (nSPS) is 24.1. The molecule has 1 saturated carbocycles. The molecule has 0 atom stereocenters. The highest BCUT2D eigenvalue weighted by atomic mass is 15.2. The van der Waals surface area contributed by atoms with Crippen LogP contribution in [0.5, 0.6) is 0 Å². The Morgan fingerprint density at radius 3 is 2.76 bits per heavy atom. The van der Waals surface area contributed by atoms with Gasteiger partial charge < -0.3 is 10.6 Å². The largest absolute Gasteiger partial charge is 0.357 e. The quantitative estimate of drug-likeness (QED) is 0.839. The number of hydrogen-bond acceptors (Lipinski definition) is 4. The zero-order valence-corrected chi connectivity index (χ0v) is 10.1. The summed E-state index contributed by atoms with van der Waals surface area (Å²) < 4.78 is 0. The molecule has 0 spiro atoms. The number of aromatic nitrogens is 1. The van der Waals surface area contributed by atoms with Crippen molar-refractivity contribution >= 4 is 5.82 Å². The lowest BCUT2D eigenvalue weighted by Gasteiger charge is -2.34. The number of nitrogens with zero attached hydrogens (tertiary/aromatic N) is 3. The minimum absolute atomic E-state index is 0.359. The Kier molecular flexibility index (Phi) is 3.60. The molecule has 1 aromatic heterocycles. The van der Waals surface area contributed by atoms with Crippen molar-refractivity contribution in [3.8, 4) is 6.07 Å². The van der Waals surface area contributed by atoms with Gasteiger partial charge in [-0.3, -0.25) is 0 Å². The van der Waals surface area contributed by atoms with E-state index in [1.807, 2.05) is 13.1 Å². The van der Waals surface area contributed by atoms with Crippen LogP contribution in [-0.2, 0) is 0 Å². The second-order valence-electron chi connectivity index (χ2n) is 4.69. The molecule has 1 heterocycles. The number of anilines is 1. The van der Waals surface area contributed by atoms with Crippen LogP contribution in [0.15, 0.2) is 18.3 Å². The molecule has 0 aromatic carbocycles. The molecule has 0 radical (unpaired) electrons. The van der Waals surface area contributed by atoms with E-state index in [1.165, 1.54) is 0 Å². The van der Waals surface area contributed by atoms with E-state index in [0.717, 1.165) is 31.5 Å². The second kappa shape index (κ2) is 5.15. The molecule has 1 fully saturated rings. The molecule has 0 unspecified atom stereocenters. The Morgan fingerprint density at radius 2 is 2.12 bits per heavy atom. The predicted molar refractivity (Wildman–Crippen MR) is 67.6 cm³/mol. The highest BCUT2D eigenvalue weighted by Gasteiger charge is 2.22. The number of nitrogens with two attached hydrogens (primary N) is 1. The van der Waals surface area contributed by atoms with Gasteiger partial charge in [-0.05, 0) is 37.8 Å². The molecule has 17 heavy (non-hydrogen) atoms. The minimum Gasteiger partial charge on any atom is -0.357 e. The Hall–Kier alpha value is -1.60. The SMILES string of the molecule is CN(c1cc(C#N)ccn1)C1CCC(N)CC1. The van der Waals surface area contributed by atoms with Crippen LogP contribution in [0.4, 0.5) is 5.82 Å². The van der Waals surface area contributed by atoms with Crippen molar-refractivity contribution in [3.63, 3.8) is 0 Å². The van der Waals surface area contributed by atoms with Gasteiger partial charge in [-0.1, -0.05) is 0 Å². The van der Waals surface area contributed by atoms with Crippen LogP contribution in [0.1, 0.15) is 31.2 Å². The number of pyridine rings is 1. The van der Waals surface area contributed by atoms with Crippen molar-refractivity contribution < 1.29 is 0 Å².